The number of hydrogen-bond acceptors (Lipinski definition) is 2. The van der Waals surface area contributed by atoms with Gasteiger partial charge in [-0.3, -0.25) is 9.59 Å². The average Bonchev–Trinajstić information content (AvgIpc) is 2.90. The summed E-state index contributed by atoms with van der Waals surface area (Å²) in [5, 5.41) is 8.78. The maximum absolute atomic E-state index is 12.0. The molecule has 0 saturated heterocycles. The predicted octanol–water partition coefficient (Wildman–Crippen LogP) is 1.60. The number of amides is 1. The minimum atomic E-state index is -0.853. The molecule has 0 aromatic rings. The van der Waals surface area contributed by atoms with E-state index in [1.54, 1.807) is 18.9 Å². The van der Waals surface area contributed by atoms with Crippen molar-refractivity contribution in [1.29, 1.82) is 0 Å². The molecule has 4 nitrogen and oxygen atoms in total. The van der Waals surface area contributed by atoms with Gasteiger partial charge in [-0.05, 0) is 18.3 Å². The third-order valence-corrected chi connectivity index (χ3v) is 3.80. The Morgan fingerprint density at radius 1 is 1.56 bits per heavy atom. The van der Waals surface area contributed by atoms with Crippen LogP contribution in [-0.2, 0) is 9.59 Å². The van der Waals surface area contributed by atoms with Crippen molar-refractivity contribution in [2.45, 2.75) is 33.6 Å². The van der Waals surface area contributed by atoms with Crippen LogP contribution in [0.2, 0.25) is 0 Å². The van der Waals surface area contributed by atoms with Gasteiger partial charge in [-0.2, -0.15) is 0 Å². The van der Waals surface area contributed by atoms with E-state index in [4.69, 9.17) is 5.11 Å². The van der Waals surface area contributed by atoms with Gasteiger partial charge in [0.05, 0.1) is 5.92 Å². The van der Waals surface area contributed by atoms with E-state index in [1.807, 2.05) is 0 Å². The number of carboxylic acid groups (broad SMARTS) is 1. The zero-order valence-corrected chi connectivity index (χ0v) is 10.5. The Hall–Kier alpha value is -1.06. The molecule has 0 bridgehead atoms. The van der Waals surface area contributed by atoms with Crippen LogP contribution < -0.4 is 0 Å². The minimum Gasteiger partial charge on any atom is -0.481 e. The maximum Gasteiger partial charge on any atom is 0.308 e. The second kappa shape index (κ2) is 4.44. The van der Waals surface area contributed by atoms with Crippen LogP contribution in [0.15, 0.2) is 0 Å². The fraction of sp³-hybridized carbons (Fsp3) is 0.833. The van der Waals surface area contributed by atoms with E-state index < -0.39 is 11.9 Å². The molecule has 0 spiro atoms. The molecule has 1 amide bonds. The third-order valence-electron chi connectivity index (χ3n) is 3.80. The Kier molecular flexibility index (Phi) is 3.61. The Morgan fingerprint density at radius 3 is 2.50 bits per heavy atom. The van der Waals surface area contributed by atoms with Crippen LogP contribution in [0.3, 0.4) is 0 Å². The summed E-state index contributed by atoms with van der Waals surface area (Å²) in [7, 11) is 1.69. The highest BCUT2D eigenvalue weighted by Gasteiger charge is 2.53. The summed E-state index contributed by atoms with van der Waals surface area (Å²) >= 11 is 0. The first-order valence-electron chi connectivity index (χ1n) is 5.79. The second-order valence-electron chi connectivity index (χ2n) is 5.22. The summed E-state index contributed by atoms with van der Waals surface area (Å²) in [5.41, 5.74) is 0.151. The Morgan fingerprint density at radius 2 is 2.12 bits per heavy atom. The molecule has 0 aromatic heterocycles. The van der Waals surface area contributed by atoms with Crippen LogP contribution in [0.25, 0.3) is 0 Å². The number of aliphatic carboxylic acids is 1. The molecular weight excluding hydrogens is 206 g/mol. The topological polar surface area (TPSA) is 57.6 Å². The number of hydrogen-bond donors (Lipinski definition) is 1. The normalized spacial score (nSPS) is 29.6. The Bertz CT molecular complexity index is 303. The molecule has 0 radical (unpaired) electrons. The highest BCUT2D eigenvalue weighted by Crippen LogP contribution is 2.55. The van der Waals surface area contributed by atoms with Gasteiger partial charge in [-0.1, -0.05) is 20.8 Å². The fourth-order valence-corrected chi connectivity index (χ4v) is 2.03. The highest BCUT2D eigenvalue weighted by molar-refractivity contribution is 5.83. The van der Waals surface area contributed by atoms with Crippen LogP contribution in [0.1, 0.15) is 33.6 Å². The van der Waals surface area contributed by atoms with E-state index in [1.165, 1.54) is 0 Å². The zero-order chi connectivity index (χ0) is 12.5. The summed E-state index contributed by atoms with van der Waals surface area (Å²) in [5.74, 6) is -1.16. The number of nitrogens with zero attached hydrogens (tertiary/aromatic N) is 1. The lowest BCUT2D eigenvalue weighted by atomic mass is 10.0. The Balaban J connectivity index is 2.47. The largest absolute Gasteiger partial charge is 0.481 e. The summed E-state index contributed by atoms with van der Waals surface area (Å²) in [6, 6.07) is 0. The van der Waals surface area contributed by atoms with Crippen molar-refractivity contribution in [3.8, 4) is 0 Å². The van der Waals surface area contributed by atoms with E-state index in [0.717, 1.165) is 12.8 Å². The van der Waals surface area contributed by atoms with Gasteiger partial charge in [-0.15, -0.1) is 0 Å². The van der Waals surface area contributed by atoms with Crippen LogP contribution in [0.5, 0.6) is 0 Å². The molecule has 1 N–H and O–H groups in total. The Labute approximate surface area is 96.6 Å². The summed E-state index contributed by atoms with van der Waals surface area (Å²) in [6.07, 6.45) is 1.94. The fourth-order valence-electron chi connectivity index (χ4n) is 2.03. The van der Waals surface area contributed by atoms with Gasteiger partial charge in [-0.25, -0.2) is 0 Å². The van der Waals surface area contributed by atoms with Crippen LogP contribution in [-0.4, -0.2) is 35.5 Å². The molecule has 1 fully saturated rings. The smallest absolute Gasteiger partial charge is 0.308 e. The first kappa shape index (κ1) is 13.0. The van der Waals surface area contributed by atoms with Crippen LogP contribution in [0, 0.1) is 17.3 Å². The van der Waals surface area contributed by atoms with E-state index >= 15 is 0 Å². The standard InChI is InChI=1S/C12H21NO3/c1-5-12(3)6-9(12)10(14)13(4)7-8(2)11(15)16/h8-9H,5-7H2,1-4H3,(H,15,16). The summed E-state index contributed by atoms with van der Waals surface area (Å²) in [4.78, 5) is 24.2. The van der Waals surface area contributed by atoms with E-state index in [-0.39, 0.29) is 17.2 Å². The monoisotopic (exact) mass is 227 g/mol. The zero-order valence-electron chi connectivity index (χ0n) is 10.5. The van der Waals surface area contributed by atoms with Gasteiger partial charge >= 0.3 is 5.97 Å². The minimum absolute atomic E-state index is 0.0949. The van der Waals surface area contributed by atoms with Crippen molar-refractivity contribution in [2.24, 2.45) is 17.3 Å². The van der Waals surface area contributed by atoms with Gasteiger partial charge in [0.25, 0.3) is 0 Å². The quantitative estimate of drug-likeness (QED) is 0.776. The number of carbonyl (C=O) groups excluding carboxylic acids is 1. The molecule has 1 aliphatic rings. The molecular formula is C12H21NO3. The molecule has 16 heavy (non-hydrogen) atoms. The van der Waals surface area contributed by atoms with Gasteiger partial charge in [0.15, 0.2) is 0 Å². The molecule has 3 atom stereocenters. The predicted molar refractivity (Wildman–Crippen MR) is 60.9 cm³/mol. The van der Waals surface area contributed by atoms with E-state index in [2.05, 4.69) is 13.8 Å². The first-order valence-corrected chi connectivity index (χ1v) is 5.79. The van der Waals surface area contributed by atoms with E-state index in [9.17, 15) is 9.59 Å². The lowest BCUT2D eigenvalue weighted by molar-refractivity contribution is -0.143. The molecule has 92 valence electrons. The van der Waals surface area contributed by atoms with Crippen molar-refractivity contribution >= 4 is 11.9 Å². The highest BCUT2D eigenvalue weighted by atomic mass is 16.4. The molecule has 0 aromatic carbocycles. The van der Waals surface area contributed by atoms with Gasteiger partial charge < -0.3 is 10.0 Å². The lowest BCUT2D eigenvalue weighted by Gasteiger charge is -2.20. The van der Waals surface area contributed by atoms with Gasteiger partial charge in [0, 0.05) is 19.5 Å². The summed E-state index contributed by atoms with van der Waals surface area (Å²) < 4.78 is 0. The molecule has 3 unspecified atom stereocenters. The SMILES string of the molecule is CCC1(C)CC1C(=O)N(C)CC(C)C(=O)O. The van der Waals surface area contributed by atoms with Crippen LogP contribution in [0.4, 0.5) is 0 Å². The molecule has 1 aliphatic carbocycles. The molecule has 1 rings (SSSR count). The van der Waals surface area contributed by atoms with Crippen molar-refractivity contribution < 1.29 is 14.7 Å². The lowest BCUT2D eigenvalue weighted by Crippen LogP contribution is -2.35. The molecule has 0 heterocycles. The van der Waals surface area contributed by atoms with E-state index in [0.29, 0.717) is 6.54 Å². The van der Waals surface area contributed by atoms with Crippen molar-refractivity contribution in [3.05, 3.63) is 0 Å². The first-order chi connectivity index (χ1) is 7.31. The van der Waals surface area contributed by atoms with Gasteiger partial charge in [0.1, 0.15) is 0 Å². The van der Waals surface area contributed by atoms with Crippen molar-refractivity contribution in [3.63, 3.8) is 0 Å². The van der Waals surface area contributed by atoms with Crippen molar-refractivity contribution in [1.82, 2.24) is 4.90 Å². The van der Waals surface area contributed by atoms with Gasteiger partial charge in [0.2, 0.25) is 5.91 Å². The van der Waals surface area contributed by atoms with Crippen LogP contribution >= 0.6 is 0 Å². The maximum atomic E-state index is 12.0. The third kappa shape index (κ3) is 2.54. The molecule has 1 saturated carbocycles. The average molecular weight is 227 g/mol. The number of carbonyl (C=O) groups is 2. The number of rotatable bonds is 5. The molecule has 0 aliphatic heterocycles. The second-order valence-corrected chi connectivity index (χ2v) is 5.22. The van der Waals surface area contributed by atoms with Crippen molar-refractivity contribution in [2.75, 3.05) is 13.6 Å². The summed E-state index contributed by atoms with van der Waals surface area (Å²) in [6.45, 7) is 6.12. The number of carboxylic acids is 1. The molecule has 4 heteroatoms.